The Morgan fingerprint density at radius 2 is 1.35 bits per heavy atom. The highest BCUT2D eigenvalue weighted by Gasteiger charge is 2.42. The third kappa shape index (κ3) is 5.55. The van der Waals surface area contributed by atoms with Crippen molar-refractivity contribution in [2.75, 3.05) is 4.90 Å². The molecular weight excluding hydrogens is 659 g/mol. The van der Waals surface area contributed by atoms with Crippen molar-refractivity contribution in [3.63, 3.8) is 0 Å². The van der Waals surface area contributed by atoms with Crippen LogP contribution in [0.25, 0.3) is 28.3 Å². The van der Waals surface area contributed by atoms with Gasteiger partial charge in [-0.3, -0.25) is 9.55 Å². The molecule has 0 N–H and O–H groups in total. The Bertz CT molecular complexity index is 2520. The van der Waals surface area contributed by atoms with Gasteiger partial charge in [0.2, 0.25) is 0 Å². The van der Waals surface area contributed by atoms with E-state index in [4.69, 9.17) is 14.7 Å². The van der Waals surface area contributed by atoms with Crippen molar-refractivity contribution in [2.45, 2.75) is 65.7 Å². The summed E-state index contributed by atoms with van der Waals surface area (Å²) in [6.07, 6.45) is 5.99. The molecule has 0 aliphatic carbocycles. The van der Waals surface area contributed by atoms with Gasteiger partial charge in [0.05, 0.1) is 11.4 Å². The molecule has 5 nitrogen and oxygen atoms in total. The molecule has 2 aromatic heterocycles. The Labute approximate surface area is 319 Å². The molecule has 0 atom stereocenters. The maximum absolute atomic E-state index is 6.81. The molecule has 2 aliphatic rings. The number of aromatic nitrogens is 3. The summed E-state index contributed by atoms with van der Waals surface area (Å²) in [5, 5.41) is 0. The van der Waals surface area contributed by atoms with Crippen LogP contribution < -0.4 is 26.0 Å². The van der Waals surface area contributed by atoms with Gasteiger partial charge in [0.15, 0.2) is 0 Å². The largest absolute Gasteiger partial charge is 0.458 e. The highest BCUT2D eigenvalue weighted by molar-refractivity contribution is 6.99. The van der Waals surface area contributed by atoms with Crippen molar-refractivity contribution < 1.29 is 4.74 Å². The minimum atomic E-state index is -0.0711. The number of rotatable bonds is 6. The summed E-state index contributed by atoms with van der Waals surface area (Å²) in [5.41, 5.74) is 15.2. The number of ether oxygens (including phenoxy) is 1. The Morgan fingerprint density at radius 3 is 2.09 bits per heavy atom. The Hall–Kier alpha value is -5.88. The minimum absolute atomic E-state index is 0.0111. The Morgan fingerprint density at radius 1 is 0.630 bits per heavy atom. The predicted molar refractivity (Wildman–Crippen MR) is 225 cm³/mol. The molecular formula is C48H45BN4O. The van der Waals surface area contributed by atoms with Crippen LogP contribution in [-0.2, 0) is 5.41 Å². The molecule has 0 radical (unpaired) electrons. The molecule has 9 rings (SSSR count). The molecule has 0 spiro atoms. The van der Waals surface area contributed by atoms with Gasteiger partial charge in [-0.2, -0.15) is 0 Å². The Balaban J connectivity index is 1.26. The lowest BCUT2D eigenvalue weighted by molar-refractivity contribution is 0.487. The van der Waals surface area contributed by atoms with E-state index < -0.39 is 0 Å². The van der Waals surface area contributed by atoms with Crippen LogP contribution in [0.2, 0.25) is 0 Å². The molecule has 0 bridgehead atoms. The maximum Gasteiger partial charge on any atom is 0.256 e. The molecule has 0 saturated heterocycles. The van der Waals surface area contributed by atoms with Gasteiger partial charge in [0, 0.05) is 41.2 Å². The van der Waals surface area contributed by atoms with E-state index >= 15 is 0 Å². The second-order valence-corrected chi connectivity index (χ2v) is 16.3. The van der Waals surface area contributed by atoms with Crippen LogP contribution in [0, 0.1) is 0 Å². The SMILES string of the molecule is CC(C)c1cccc(C(C)C)c1-n1ccnc1-c1ccc2c(c1)B1c3cc(-c4cc(C(C)(C)C)ccn4)ccc3N(c3ccccc3)c3cccc(c31)O2. The number of imidazole rings is 1. The minimum Gasteiger partial charge on any atom is -0.458 e. The quantitative estimate of drug-likeness (QED) is 0.162. The molecule has 4 heterocycles. The first-order chi connectivity index (χ1) is 26.1. The van der Waals surface area contributed by atoms with Crippen LogP contribution in [0.1, 0.15) is 77.0 Å². The van der Waals surface area contributed by atoms with E-state index in [-0.39, 0.29) is 12.1 Å². The highest BCUT2D eigenvalue weighted by Crippen LogP contribution is 2.42. The number of fused-ring (bicyclic) bond motifs is 4. The van der Waals surface area contributed by atoms with Crippen molar-refractivity contribution in [3.8, 4) is 39.8 Å². The first-order valence-electron chi connectivity index (χ1n) is 19.2. The summed E-state index contributed by atoms with van der Waals surface area (Å²) in [6.45, 7) is 15.8. The standard InChI is InChI=1S/C48H45BN4O/c1-30(2)36-15-11-16-37(31(3)4)46(36)52-26-25-51-47(52)33-20-22-43-39(28-33)49-38-27-32(40-29-34(23-24-50-40)48(5,6)7)19-21-41(38)53(35-13-9-8-10-14-35)42-17-12-18-44(54-43)45(42)49/h8-31H,1-7H3. The van der Waals surface area contributed by atoms with Gasteiger partial charge in [-0.1, -0.05) is 109 Å². The van der Waals surface area contributed by atoms with E-state index in [1.165, 1.54) is 33.3 Å². The second-order valence-electron chi connectivity index (χ2n) is 16.3. The van der Waals surface area contributed by atoms with Crippen molar-refractivity contribution in [3.05, 3.63) is 151 Å². The number of hydrogen-bond donors (Lipinski definition) is 0. The van der Waals surface area contributed by atoms with Gasteiger partial charge in [0.1, 0.15) is 17.3 Å². The number of pyridine rings is 1. The highest BCUT2D eigenvalue weighted by atomic mass is 16.5. The zero-order chi connectivity index (χ0) is 37.3. The van der Waals surface area contributed by atoms with E-state index in [0.717, 1.165) is 56.7 Å². The molecule has 54 heavy (non-hydrogen) atoms. The predicted octanol–water partition coefficient (Wildman–Crippen LogP) is 10.6. The van der Waals surface area contributed by atoms with E-state index in [1.54, 1.807) is 0 Å². The Kier molecular flexibility index (Phi) is 8.11. The van der Waals surface area contributed by atoms with Gasteiger partial charge in [-0.25, -0.2) is 4.98 Å². The summed E-state index contributed by atoms with van der Waals surface area (Å²) >= 11 is 0. The molecule has 0 amide bonds. The lowest BCUT2D eigenvalue weighted by Gasteiger charge is -2.40. The molecule has 7 aromatic rings. The lowest BCUT2D eigenvalue weighted by atomic mass is 9.34. The molecule has 0 saturated carbocycles. The van der Waals surface area contributed by atoms with Crippen LogP contribution >= 0.6 is 0 Å². The van der Waals surface area contributed by atoms with Gasteiger partial charge in [-0.15, -0.1) is 0 Å². The van der Waals surface area contributed by atoms with E-state index in [1.807, 2.05) is 12.4 Å². The number of benzene rings is 5. The molecule has 6 heteroatoms. The fourth-order valence-corrected chi connectivity index (χ4v) is 8.39. The molecule has 0 fully saturated rings. The summed E-state index contributed by atoms with van der Waals surface area (Å²) in [7, 11) is 0. The van der Waals surface area contributed by atoms with Crippen molar-refractivity contribution >= 4 is 40.2 Å². The zero-order valence-electron chi connectivity index (χ0n) is 32.1. The van der Waals surface area contributed by atoms with Crippen LogP contribution in [0.5, 0.6) is 11.5 Å². The summed E-state index contributed by atoms with van der Waals surface area (Å²) in [5.74, 6) is 3.40. The number of para-hydroxylation sites is 2. The van der Waals surface area contributed by atoms with Crippen molar-refractivity contribution in [1.82, 2.24) is 14.5 Å². The van der Waals surface area contributed by atoms with E-state index in [2.05, 4.69) is 179 Å². The average molecular weight is 705 g/mol. The number of nitrogens with zero attached hydrogens (tertiary/aromatic N) is 4. The van der Waals surface area contributed by atoms with Crippen molar-refractivity contribution in [1.29, 1.82) is 0 Å². The fourth-order valence-electron chi connectivity index (χ4n) is 8.39. The molecule has 0 unspecified atom stereocenters. The number of anilines is 3. The van der Waals surface area contributed by atoms with Crippen LogP contribution in [0.3, 0.4) is 0 Å². The van der Waals surface area contributed by atoms with E-state index in [0.29, 0.717) is 11.8 Å². The fraction of sp³-hybridized carbons (Fsp3) is 0.208. The first kappa shape index (κ1) is 33.9. The normalized spacial score (nSPS) is 13.1. The topological polar surface area (TPSA) is 43.2 Å². The summed E-state index contributed by atoms with van der Waals surface area (Å²) < 4.78 is 9.11. The third-order valence-electron chi connectivity index (χ3n) is 11.1. The van der Waals surface area contributed by atoms with Crippen molar-refractivity contribution in [2.24, 2.45) is 0 Å². The lowest BCUT2D eigenvalue weighted by Crippen LogP contribution is -2.59. The third-order valence-corrected chi connectivity index (χ3v) is 11.1. The second kappa shape index (κ2) is 12.9. The molecule has 266 valence electrons. The van der Waals surface area contributed by atoms with Crippen LogP contribution in [-0.4, -0.2) is 21.2 Å². The van der Waals surface area contributed by atoms with Gasteiger partial charge in [0.25, 0.3) is 6.71 Å². The summed E-state index contributed by atoms with van der Waals surface area (Å²) in [6, 6.07) is 41.7. The van der Waals surface area contributed by atoms with Gasteiger partial charge < -0.3 is 9.64 Å². The number of hydrogen-bond acceptors (Lipinski definition) is 4. The molecule has 5 aromatic carbocycles. The van der Waals surface area contributed by atoms with Crippen LogP contribution in [0.4, 0.5) is 17.1 Å². The van der Waals surface area contributed by atoms with Gasteiger partial charge in [-0.05, 0) is 110 Å². The summed E-state index contributed by atoms with van der Waals surface area (Å²) in [4.78, 5) is 12.3. The van der Waals surface area contributed by atoms with Gasteiger partial charge >= 0.3 is 0 Å². The zero-order valence-corrected chi connectivity index (χ0v) is 32.1. The van der Waals surface area contributed by atoms with E-state index in [9.17, 15) is 0 Å². The smallest absolute Gasteiger partial charge is 0.256 e. The monoisotopic (exact) mass is 704 g/mol. The van der Waals surface area contributed by atoms with Crippen LogP contribution in [0.15, 0.2) is 134 Å². The first-order valence-corrected chi connectivity index (χ1v) is 19.2. The maximum atomic E-state index is 6.81. The molecule has 2 aliphatic heterocycles. The average Bonchev–Trinajstić information content (AvgIpc) is 3.67.